The van der Waals surface area contributed by atoms with Gasteiger partial charge in [0.25, 0.3) is 5.88 Å². The molecule has 1 aromatic carbocycles. The van der Waals surface area contributed by atoms with Crippen molar-refractivity contribution < 1.29 is 9.47 Å². The van der Waals surface area contributed by atoms with Crippen molar-refractivity contribution in [3.8, 4) is 11.6 Å². The summed E-state index contributed by atoms with van der Waals surface area (Å²) >= 11 is 0. The molecule has 136 valence electrons. The Bertz CT molecular complexity index is 757. The molecule has 0 amide bonds. The van der Waals surface area contributed by atoms with E-state index in [0.29, 0.717) is 12.5 Å². The van der Waals surface area contributed by atoms with Crippen LogP contribution in [-0.4, -0.2) is 29.1 Å². The lowest BCUT2D eigenvalue weighted by atomic mass is 9.94. The lowest BCUT2D eigenvalue weighted by Crippen LogP contribution is -2.40. The predicted molar refractivity (Wildman–Crippen MR) is 100 cm³/mol. The number of hydrogen-bond acceptors (Lipinski definition) is 4. The van der Waals surface area contributed by atoms with Gasteiger partial charge in [-0.25, -0.2) is 4.98 Å². The maximum atomic E-state index is 6.02. The van der Waals surface area contributed by atoms with Gasteiger partial charge >= 0.3 is 0 Å². The van der Waals surface area contributed by atoms with Crippen LogP contribution in [0.15, 0.2) is 42.6 Å². The molecule has 6 rings (SSSR count). The SMILES string of the molecule is c1cnc2c(c1)OC[C@H](c1ccc(CN3C[C@H]4CCC[C@H]3CC4)cc1)O2. The molecule has 26 heavy (non-hydrogen) atoms. The first-order valence-corrected chi connectivity index (χ1v) is 9.92. The number of benzene rings is 1. The highest BCUT2D eigenvalue weighted by molar-refractivity contribution is 5.36. The van der Waals surface area contributed by atoms with E-state index < -0.39 is 0 Å². The van der Waals surface area contributed by atoms with Crippen LogP contribution in [0.4, 0.5) is 0 Å². The summed E-state index contributed by atoms with van der Waals surface area (Å²) in [5, 5.41) is 0. The lowest BCUT2D eigenvalue weighted by Gasteiger charge is -2.36. The molecule has 3 aliphatic heterocycles. The Morgan fingerprint density at radius 3 is 2.88 bits per heavy atom. The number of pyridine rings is 1. The Hall–Kier alpha value is -2.07. The van der Waals surface area contributed by atoms with Crippen molar-refractivity contribution in [3.63, 3.8) is 0 Å². The molecule has 0 unspecified atom stereocenters. The number of aromatic nitrogens is 1. The Labute approximate surface area is 155 Å². The van der Waals surface area contributed by atoms with E-state index in [4.69, 9.17) is 9.47 Å². The van der Waals surface area contributed by atoms with Crippen molar-refractivity contribution in [1.29, 1.82) is 0 Å². The minimum absolute atomic E-state index is 0.0827. The molecule has 3 atom stereocenters. The van der Waals surface area contributed by atoms with Crippen molar-refractivity contribution in [3.05, 3.63) is 53.7 Å². The van der Waals surface area contributed by atoms with Crippen molar-refractivity contribution in [2.45, 2.75) is 50.8 Å². The van der Waals surface area contributed by atoms with Gasteiger partial charge in [-0.05, 0) is 54.9 Å². The van der Waals surface area contributed by atoms with Crippen molar-refractivity contribution in [1.82, 2.24) is 9.88 Å². The van der Waals surface area contributed by atoms with Crippen LogP contribution in [0.2, 0.25) is 0 Å². The zero-order valence-corrected chi connectivity index (χ0v) is 15.1. The van der Waals surface area contributed by atoms with Gasteiger partial charge in [0, 0.05) is 25.3 Å². The maximum Gasteiger partial charge on any atom is 0.257 e. The highest BCUT2D eigenvalue weighted by atomic mass is 16.6. The molecule has 4 aliphatic rings. The Morgan fingerprint density at radius 1 is 1.04 bits per heavy atom. The van der Waals surface area contributed by atoms with E-state index in [1.807, 2.05) is 12.1 Å². The van der Waals surface area contributed by atoms with Gasteiger partial charge in [-0.15, -0.1) is 0 Å². The molecule has 2 saturated heterocycles. The molecule has 1 aromatic heterocycles. The van der Waals surface area contributed by atoms with E-state index in [1.165, 1.54) is 44.2 Å². The van der Waals surface area contributed by atoms with E-state index >= 15 is 0 Å². The van der Waals surface area contributed by atoms with E-state index in [0.717, 1.165) is 29.8 Å². The van der Waals surface area contributed by atoms with E-state index in [-0.39, 0.29) is 6.10 Å². The van der Waals surface area contributed by atoms with Crippen LogP contribution in [0.25, 0.3) is 0 Å². The van der Waals surface area contributed by atoms with Crippen LogP contribution in [-0.2, 0) is 6.54 Å². The van der Waals surface area contributed by atoms with Gasteiger partial charge in [0.15, 0.2) is 11.9 Å². The van der Waals surface area contributed by atoms with Crippen LogP contribution < -0.4 is 9.47 Å². The second kappa shape index (κ2) is 6.92. The number of rotatable bonds is 3. The summed E-state index contributed by atoms with van der Waals surface area (Å²) in [5.74, 6) is 2.25. The fourth-order valence-electron chi connectivity index (χ4n) is 4.73. The number of fused-ring (bicyclic) bond motifs is 5. The molecular weight excluding hydrogens is 324 g/mol. The third-order valence-corrected chi connectivity index (χ3v) is 6.18. The zero-order valence-electron chi connectivity index (χ0n) is 15.1. The minimum Gasteiger partial charge on any atom is -0.484 e. The average Bonchev–Trinajstić information content (AvgIpc) is 3.04. The first kappa shape index (κ1) is 16.1. The molecule has 1 aliphatic carbocycles. The molecule has 0 N–H and O–H groups in total. The molecule has 4 heterocycles. The predicted octanol–water partition coefficient (Wildman–Crippen LogP) is 4.36. The molecule has 0 spiro atoms. The highest BCUT2D eigenvalue weighted by Crippen LogP contribution is 2.35. The quantitative estimate of drug-likeness (QED) is 0.824. The Kier molecular flexibility index (Phi) is 4.29. The monoisotopic (exact) mass is 350 g/mol. The topological polar surface area (TPSA) is 34.6 Å². The molecule has 4 nitrogen and oxygen atoms in total. The van der Waals surface area contributed by atoms with E-state index in [2.05, 4.69) is 34.1 Å². The smallest absolute Gasteiger partial charge is 0.257 e. The summed E-state index contributed by atoms with van der Waals surface area (Å²) < 4.78 is 11.8. The van der Waals surface area contributed by atoms with Crippen LogP contribution in [0, 0.1) is 5.92 Å². The largest absolute Gasteiger partial charge is 0.484 e. The lowest BCUT2D eigenvalue weighted by molar-refractivity contribution is 0.0850. The first-order chi connectivity index (χ1) is 12.8. The number of hydrogen-bond donors (Lipinski definition) is 0. The third kappa shape index (κ3) is 3.18. The number of ether oxygens (including phenoxy) is 2. The normalized spacial score (nSPS) is 27.9. The fraction of sp³-hybridized carbons (Fsp3) is 0.500. The summed E-state index contributed by atoms with van der Waals surface area (Å²) in [4.78, 5) is 6.99. The minimum atomic E-state index is -0.0827. The summed E-state index contributed by atoms with van der Waals surface area (Å²) in [6, 6.07) is 13.5. The van der Waals surface area contributed by atoms with Crippen molar-refractivity contribution in [2.75, 3.05) is 13.2 Å². The van der Waals surface area contributed by atoms with Gasteiger partial charge in [-0.3, -0.25) is 4.90 Å². The molecule has 3 fully saturated rings. The van der Waals surface area contributed by atoms with E-state index in [1.54, 1.807) is 6.20 Å². The Balaban J connectivity index is 1.26. The maximum absolute atomic E-state index is 6.02. The molecule has 4 heteroatoms. The van der Waals surface area contributed by atoms with Crippen LogP contribution in [0.1, 0.15) is 49.3 Å². The Morgan fingerprint density at radius 2 is 1.96 bits per heavy atom. The third-order valence-electron chi connectivity index (χ3n) is 6.18. The first-order valence-electron chi connectivity index (χ1n) is 9.92. The molecule has 1 saturated carbocycles. The second-order valence-electron chi connectivity index (χ2n) is 7.92. The summed E-state index contributed by atoms with van der Waals surface area (Å²) in [6.07, 6.45) is 8.72. The molecule has 2 aromatic rings. The summed E-state index contributed by atoms with van der Waals surface area (Å²) in [6.45, 7) is 2.90. The van der Waals surface area contributed by atoms with Gasteiger partial charge in [-0.1, -0.05) is 30.7 Å². The summed E-state index contributed by atoms with van der Waals surface area (Å²) in [7, 11) is 0. The van der Waals surface area contributed by atoms with Gasteiger partial charge in [0.05, 0.1) is 0 Å². The number of piperidine rings is 1. The van der Waals surface area contributed by atoms with Gasteiger partial charge in [-0.2, -0.15) is 0 Å². The van der Waals surface area contributed by atoms with Crippen molar-refractivity contribution in [2.24, 2.45) is 5.92 Å². The van der Waals surface area contributed by atoms with Gasteiger partial charge < -0.3 is 9.47 Å². The van der Waals surface area contributed by atoms with Crippen LogP contribution >= 0.6 is 0 Å². The molecule has 0 radical (unpaired) electrons. The van der Waals surface area contributed by atoms with Crippen LogP contribution in [0.3, 0.4) is 0 Å². The van der Waals surface area contributed by atoms with E-state index in [9.17, 15) is 0 Å². The highest BCUT2D eigenvalue weighted by Gasteiger charge is 2.31. The van der Waals surface area contributed by atoms with Crippen molar-refractivity contribution >= 4 is 0 Å². The molecule has 2 bridgehead atoms. The van der Waals surface area contributed by atoms with Gasteiger partial charge in [0.1, 0.15) is 6.61 Å². The standard InChI is InChI=1S/C22H26N2O2/c1-3-16-8-11-19(4-1)24(13-16)14-17-6-9-18(10-7-17)21-15-25-20-5-2-12-23-22(20)26-21/h2,5-7,9-10,12,16,19,21H,1,3-4,8,11,13-15H2/t16-,19-,21+/m0/s1. The number of nitrogens with zero attached hydrogens (tertiary/aromatic N) is 2. The average molecular weight is 350 g/mol. The fourth-order valence-corrected chi connectivity index (χ4v) is 4.73. The molecular formula is C22H26N2O2. The van der Waals surface area contributed by atoms with Crippen LogP contribution in [0.5, 0.6) is 11.6 Å². The second-order valence-corrected chi connectivity index (χ2v) is 7.92. The summed E-state index contributed by atoms with van der Waals surface area (Å²) in [5.41, 5.74) is 2.55. The van der Waals surface area contributed by atoms with Gasteiger partial charge in [0.2, 0.25) is 0 Å². The zero-order chi connectivity index (χ0) is 17.3.